The largest absolute Gasteiger partial charge is 0.374 e. The van der Waals surface area contributed by atoms with Crippen molar-refractivity contribution in [2.24, 2.45) is 0 Å². The number of rotatable bonds is 7. The van der Waals surface area contributed by atoms with Crippen molar-refractivity contribution in [3.05, 3.63) is 35.9 Å². The van der Waals surface area contributed by atoms with E-state index in [9.17, 15) is 8.42 Å². The number of ether oxygens (including phenoxy) is 1. The standard InChI is InChI=1S/C19H31N3O3S/c1-21(18-10-6-3-7-11-18)26(23,24)20-14-19-16-22(12-13-25-19)15-17-8-4-2-5-9-17/h2,4-5,8-9,18-20H,3,6-7,10-16H2,1H3. The second-order valence-electron chi connectivity index (χ2n) is 7.38. The molecule has 1 aromatic rings. The molecule has 1 heterocycles. The van der Waals surface area contributed by atoms with Gasteiger partial charge < -0.3 is 4.74 Å². The molecule has 26 heavy (non-hydrogen) atoms. The maximum Gasteiger partial charge on any atom is 0.279 e. The first-order valence-electron chi connectivity index (χ1n) is 9.65. The summed E-state index contributed by atoms with van der Waals surface area (Å²) >= 11 is 0. The van der Waals surface area contributed by atoms with Gasteiger partial charge in [0.25, 0.3) is 10.2 Å². The summed E-state index contributed by atoms with van der Waals surface area (Å²) in [6, 6.07) is 10.5. The maximum atomic E-state index is 12.6. The Hall–Kier alpha value is -0.990. The molecular formula is C19H31N3O3S. The van der Waals surface area contributed by atoms with E-state index in [-0.39, 0.29) is 12.1 Å². The highest BCUT2D eigenvalue weighted by Gasteiger charge is 2.29. The first-order chi connectivity index (χ1) is 12.5. The third kappa shape index (κ3) is 5.50. The third-order valence-electron chi connectivity index (χ3n) is 5.43. The van der Waals surface area contributed by atoms with Gasteiger partial charge in [-0.2, -0.15) is 17.4 Å². The van der Waals surface area contributed by atoms with Crippen molar-refractivity contribution < 1.29 is 13.2 Å². The summed E-state index contributed by atoms with van der Waals surface area (Å²) in [5, 5.41) is 0. The van der Waals surface area contributed by atoms with Gasteiger partial charge in [-0.05, 0) is 18.4 Å². The molecule has 1 saturated heterocycles. The summed E-state index contributed by atoms with van der Waals surface area (Å²) in [4.78, 5) is 2.32. The number of hydrogen-bond donors (Lipinski definition) is 1. The van der Waals surface area contributed by atoms with Crippen LogP contribution < -0.4 is 4.72 Å². The van der Waals surface area contributed by atoms with Crippen LogP contribution in [-0.2, 0) is 21.5 Å². The van der Waals surface area contributed by atoms with Crippen molar-refractivity contribution >= 4 is 10.2 Å². The molecule has 2 fully saturated rings. The fraction of sp³-hybridized carbons (Fsp3) is 0.684. The van der Waals surface area contributed by atoms with Gasteiger partial charge in [0.15, 0.2) is 0 Å². The molecule has 1 saturated carbocycles. The van der Waals surface area contributed by atoms with E-state index >= 15 is 0 Å². The van der Waals surface area contributed by atoms with Gasteiger partial charge in [0, 0.05) is 39.3 Å². The molecule has 1 aliphatic heterocycles. The van der Waals surface area contributed by atoms with E-state index < -0.39 is 10.2 Å². The number of nitrogens with one attached hydrogen (secondary N) is 1. The van der Waals surface area contributed by atoms with Gasteiger partial charge in [-0.15, -0.1) is 0 Å². The van der Waals surface area contributed by atoms with Crippen LogP contribution >= 0.6 is 0 Å². The Morgan fingerprint density at radius 3 is 2.65 bits per heavy atom. The fourth-order valence-electron chi connectivity index (χ4n) is 3.83. The molecule has 0 bridgehead atoms. The van der Waals surface area contributed by atoms with Crippen molar-refractivity contribution in [2.45, 2.75) is 50.8 Å². The highest BCUT2D eigenvalue weighted by Crippen LogP contribution is 2.23. The Balaban J connectivity index is 1.48. The highest BCUT2D eigenvalue weighted by molar-refractivity contribution is 7.87. The van der Waals surface area contributed by atoms with E-state index in [4.69, 9.17) is 4.74 Å². The quantitative estimate of drug-likeness (QED) is 0.785. The third-order valence-corrected chi connectivity index (χ3v) is 7.02. The monoisotopic (exact) mass is 381 g/mol. The van der Waals surface area contributed by atoms with Crippen molar-refractivity contribution in [3.8, 4) is 0 Å². The van der Waals surface area contributed by atoms with E-state index in [0.29, 0.717) is 13.2 Å². The van der Waals surface area contributed by atoms with E-state index in [1.165, 1.54) is 16.3 Å². The molecule has 1 aromatic carbocycles. The van der Waals surface area contributed by atoms with E-state index in [0.717, 1.165) is 45.3 Å². The zero-order chi connectivity index (χ0) is 18.4. The molecule has 0 radical (unpaired) electrons. The zero-order valence-electron chi connectivity index (χ0n) is 15.6. The average molecular weight is 382 g/mol. The minimum Gasteiger partial charge on any atom is -0.374 e. The molecule has 1 unspecified atom stereocenters. The van der Waals surface area contributed by atoms with E-state index in [1.807, 2.05) is 18.2 Å². The Labute approximate surface area is 157 Å². The molecule has 7 heteroatoms. The van der Waals surface area contributed by atoms with Crippen LogP contribution in [0.5, 0.6) is 0 Å². The summed E-state index contributed by atoms with van der Waals surface area (Å²) in [5.41, 5.74) is 1.27. The summed E-state index contributed by atoms with van der Waals surface area (Å²) in [5.74, 6) is 0. The molecular weight excluding hydrogens is 350 g/mol. The molecule has 1 atom stereocenters. The SMILES string of the molecule is CN(C1CCCCC1)S(=O)(=O)NCC1CN(Cc2ccccc2)CCO1. The van der Waals surface area contributed by atoms with Gasteiger partial charge in [0.05, 0.1) is 12.7 Å². The molecule has 1 aliphatic carbocycles. The van der Waals surface area contributed by atoms with E-state index in [2.05, 4.69) is 21.8 Å². The zero-order valence-corrected chi connectivity index (χ0v) is 16.5. The Bertz CT molecular complexity index is 647. The van der Waals surface area contributed by atoms with Crippen LogP contribution in [0.25, 0.3) is 0 Å². The molecule has 6 nitrogen and oxygen atoms in total. The second-order valence-corrected chi connectivity index (χ2v) is 9.19. The minimum atomic E-state index is -3.45. The molecule has 2 aliphatic rings. The molecule has 146 valence electrons. The van der Waals surface area contributed by atoms with Crippen LogP contribution in [0, 0.1) is 0 Å². The van der Waals surface area contributed by atoms with Crippen LogP contribution in [0.3, 0.4) is 0 Å². The molecule has 3 rings (SSSR count). The lowest BCUT2D eigenvalue weighted by molar-refractivity contribution is -0.0278. The normalized spacial score (nSPS) is 23.4. The Morgan fingerprint density at radius 2 is 1.92 bits per heavy atom. The number of benzene rings is 1. The number of morpholine rings is 1. The van der Waals surface area contributed by atoms with Gasteiger partial charge in [-0.1, -0.05) is 49.6 Å². The van der Waals surface area contributed by atoms with Crippen molar-refractivity contribution in [3.63, 3.8) is 0 Å². The van der Waals surface area contributed by atoms with Crippen LogP contribution in [0.1, 0.15) is 37.7 Å². The lowest BCUT2D eigenvalue weighted by Gasteiger charge is -2.34. The van der Waals surface area contributed by atoms with Gasteiger partial charge >= 0.3 is 0 Å². The van der Waals surface area contributed by atoms with Crippen LogP contribution in [-0.4, -0.2) is 63.1 Å². The lowest BCUT2D eigenvalue weighted by atomic mass is 9.96. The van der Waals surface area contributed by atoms with Gasteiger partial charge in [0.2, 0.25) is 0 Å². The lowest BCUT2D eigenvalue weighted by Crippen LogP contribution is -2.50. The Kier molecular flexibility index (Phi) is 7.05. The average Bonchev–Trinajstić information content (AvgIpc) is 2.68. The summed E-state index contributed by atoms with van der Waals surface area (Å²) in [6.07, 6.45) is 5.26. The fourth-order valence-corrected chi connectivity index (χ4v) is 5.03. The molecule has 0 aromatic heterocycles. The van der Waals surface area contributed by atoms with Crippen LogP contribution in [0.15, 0.2) is 30.3 Å². The van der Waals surface area contributed by atoms with Crippen LogP contribution in [0.4, 0.5) is 0 Å². The first-order valence-corrected chi connectivity index (χ1v) is 11.1. The number of nitrogens with zero attached hydrogens (tertiary/aromatic N) is 2. The minimum absolute atomic E-state index is 0.109. The predicted molar refractivity (Wildman–Crippen MR) is 103 cm³/mol. The van der Waals surface area contributed by atoms with E-state index in [1.54, 1.807) is 7.05 Å². The van der Waals surface area contributed by atoms with Gasteiger partial charge in [0.1, 0.15) is 0 Å². The smallest absolute Gasteiger partial charge is 0.279 e. The van der Waals surface area contributed by atoms with Gasteiger partial charge in [-0.3, -0.25) is 4.90 Å². The van der Waals surface area contributed by atoms with Crippen LogP contribution in [0.2, 0.25) is 0 Å². The van der Waals surface area contributed by atoms with Gasteiger partial charge in [-0.25, -0.2) is 0 Å². The molecule has 0 amide bonds. The summed E-state index contributed by atoms with van der Waals surface area (Å²) < 4.78 is 35.2. The van der Waals surface area contributed by atoms with Crippen molar-refractivity contribution in [2.75, 3.05) is 33.3 Å². The maximum absolute atomic E-state index is 12.6. The first kappa shape index (κ1) is 19.8. The molecule has 1 N–H and O–H groups in total. The predicted octanol–water partition coefficient (Wildman–Crippen LogP) is 1.99. The highest BCUT2D eigenvalue weighted by atomic mass is 32.2. The second kappa shape index (κ2) is 9.28. The topological polar surface area (TPSA) is 61.9 Å². The summed E-state index contributed by atoms with van der Waals surface area (Å²) in [7, 11) is -1.75. The number of hydrogen-bond acceptors (Lipinski definition) is 4. The Morgan fingerprint density at radius 1 is 1.19 bits per heavy atom. The van der Waals surface area contributed by atoms with Crippen molar-refractivity contribution in [1.29, 1.82) is 0 Å². The summed E-state index contributed by atoms with van der Waals surface area (Å²) in [6.45, 7) is 3.45. The molecule has 0 spiro atoms. The van der Waals surface area contributed by atoms with Crippen molar-refractivity contribution in [1.82, 2.24) is 13.9 Å².